The molecule has 0 aliphatic rings. The number of H-pyrrole nitrogens is 1. The molecule has 0 unspecified atom stereocenters. The van der Waals surface area contributed by atoms with Gasteiger partial charge in [-0.15, -0.1) is 0 Å². The summed E-state index contributed by atoms with van der Waals surface area (Å²) < 4.78 is 0. The number of aromatic nitrogens is 1. The van der Waals surface area contributed by atoms with Crippen LogP contribution in [0.25, 0.3) is 0 Å². The van der Waals surface area contributed by atoms with E-state index in [2.05, 4.69) is 4.98 Å². The van der Waals surface area contributed by atoms with Crippen LogP contribution in [0, 0.1) is 6.92 Å². The molecule has 0 aromatic carbocycles. The summed E-state index contributed by atoms with van der Waals surface area (Å²) in [6.07, 6.45) is 0. The molecule has 0 saturated heterocycles. The molecule has 0 bridgehead atoms. The second-order valence-electron chi connectivity index (χ2n) is 2.14. The van der Waals surface area contributed by atoms with Crippen LogP contribution in [0.1, 0.15) is 5.56 Å². The minimum absolute atomic E-state index is 0.218. The molecule has 1 rings (SSSR count). The second-order valence-corrected chi connectivity index (χ2v) is 2.14. The second kappa shape index (κ2) is 2.06. The number of anilines is 2. The Bertz CT molecular complexity index is 276. The monoisotopic (exact) mass is 139 g/mol. The van der Waals surface area contributed by atoms with Gasteiger partial charge in [-0.05, 0) is 12.5 Å². The molecule has 0 amide bonds. The van der Waals surface area contributed by atoms with E-state index in [9.17, 15) is 4.79 Å². The molecule has 0 atom stereocenters. The lowest BCUT2D eigenvalue weighted by Crippen LogP contribution is -2.11. The predicted octanol–water partition coefficient (Wildman–Crippen LogP) is -0.152. The van der Waals surface area contributed by atoms with Crippen LogP contribution in [0.3, 0.4) is 0 Å². The van der Waals surface area contributed by atoms with E-state index in [4.69, 9.17) is 11.5 Å². The Balaban J connectivity index is 3.46. The average molecular weight is 139 g/mol. The maximum Gasteiger partial charge on any atom is 0.249 e. The van der Waals surface area contributed by atoms with Crippen LogP contribution >= 0.6 is 0 Å². The number of pyridine rings is 1. The first-order chi connectivity index (χ1) is 4.61. The minimum Gasteiger partial charge on any atom is -0.396 e. The van der Waals surface area contributed by atoms with Gasteiger partial charge in [-0.1, -0.05) is 0 Å². The Morgan fingerprint density at radius 1 is 1.50 bits per heavy atom. The fraction of sp³-hybridized carbons (Fsp3) is 0.167. The van der Waals surface area contributed by atoms with Gasteiger partial charge in [0, 0.05) is 6.07 Å². The quantitative estimate of drug-likeness (QED) is 0.467. The number of aromatic amines is 1. The third kappa shape index (κ3) is 0.953. The van der Waals surface area contributed by atoms with Crippen LogP contribution in [0.2, 0.25) is 0 Å². The van der Waals surface area contributed by atoms with Gasteiger partial charge in [-0.25, -0.2) is 0 Å². The highest BCUT2D eigenvalue weighted by atomic mass is 16.1. The molecule has 0 aliphatic carbocycles. The standard InChI is InChI=1S/C6H9N3O/c1-3-2-4(10)9-6(8)5(3)7/h2H,7H2,1H3,(H3,8,9,10). The molecule has 1 aromatic heterocycles. The van der Waals surface area contributed by atoms with Crippen LogP contribution < -0.4 is 17.0 Å². The molecular weight excluding hydrogens is 130 g/mol. The Kier molecular flexibility index (Phi) is 1.37. The lowest BCUT2D eigenvalue weighted by Gasteiger charge is -2.00. The fourth-order valence-electron chi connectivity index (χ4n) is 0.723. The smallest absolute Gasteiger partial charge is 0.249 e. The molecule has 10 heavy (non-hydrogen) atoms. The Labute approximate surface area is 57.9 Å². The molecule has 5 N–H and O–H groups in total. The summed E-state index contributed by atoms with van der Waals surface area (Å²) in [5.74, 6) is 0.241. The summed E-state index contributed by atoms with van der Waals surface area (Å²) in [6, 6.07) is 1.41. The van der Waals surface area contributed by atoms with Crippen molar-refractivity contribution >= 4 is 11.5 Å². The van der Waals surface area contributed by atoms with Crippen molar-refractivity contribution in [3.05, 3.63) is 22.0 Å². The van der Waals surface area contributed by atoms with Crippen LogP contribution in [0.15, 0.2) is 10.9 Å². The summed E-state index contributed by atoms with van der Waals surface area (Å²) >= 11 is 0. The van der Waals surface area contributed by atoms with Gasteiger partial charge in [0.25, 0.3) is 0 Å². The first kappa shape index (κ1) is 6.67. The number of nitrogens with one attached hydrogen (secondary N) is 1. The van der Waals surface area contributed by atoms with Gasteiger partial charge in [-0.3, -0.25) is 4.79 Å². The van der Waals surface area contributed by atoms with E-state index in [0.717, 1.165) is 0 Å². The van der Waals surface area contributed by atoms with Crippen LogP contribution in [-0.4, -0.2) is 4.98 Å². The van der Waals surface area contributed by atoms with Gasteiger partial charge < -0.3 is 16.5 Å². The largest absolute Gasteiger partial charge is 0.396 e. The highest BCUT2D eigenvalue weighted by Gasteiger charge is 1.98. The first-order valence-corrected chi connectivity index (χ1v) is 2.86. The molecule has 1 aromatic rings. The molecule has 0 radical (unpaired) electrons. The zero-order valence-electron chi connectivity index (χ0n) is 5.64. The summed E-state index contributed by atoms with van der Waals surface area (Å²) in [5, 5.41) is 0. The molecule has 0 aliphatic heterocycles. The molecule has 0 fully saturated rings. The Morgan fingerprint density at radius 2 is 2.10 bits per heavy atom. The number of nitrogen functional groups attached to an aromatic ring is 2. The molecular formula is C6H9N3O. The SMILES string of the molecule is Cc1cc(=O)[nH]c(N)c1N. The van der Waals surface area contributed by atoms with Crippen molar-refractivity contribution in [3.63, 3.8) is 0 Å². The third-order valence-electron chi connectivity index (χ3n) is 1.32. The van der Waals surface area contributed by atoms with Crippen molar-refractivity contribution in [1.82, 2.24) is 4.98 Å². The van der Waals surface area contributed by atoms with Crippen LogP contribution in [-0.2, 0) is 0 Å². The molecule has 0 saturated carbocycles. The summed E-state index contributed by atoms with van der Waals surface area (Å²) in [4.78, 5) is 13.0. The van der Waals surface area contributed by atoms with E-state index in [-0.39, 0.29) is 11.4 Å². The zero-order valence-corrected chi connectivity index (χ0v) is 5.64. The summed E-state index contributed by atoms with van der Waals surface area (Å²) in [6.45, 7) is 1.74. The Morgan fingerprint density at radius 3 is 2.60 bits per heavy atom. The van der Waals surface area contributed by atoms with Gasteiger partial charge in [0.05, 0.1) is 5.69 Å². The van der Waals surface area contributed by atoms with Crippen molar-refractivity contribution in [2.45, 2.75) is 6.92 Å². The average Bonchev–Trinajstić information content (AvgIpc) is 1.82. The van der Waals surface area contributed by atoms with E-state index in [1.165, 1.54) is 6.07 Å². The van der Waals surface area contributed by atoms with Gasteiger partial charge >= 0.3 is 0 Å². The van der Waals surface area contributed by atoms with Crippen molar-refractivity contribution in [3.8, 4) is 0 Å². The minimum atomic E-state index is -0.218. The summed E-state index contributed by atoms with van der Waals surface area (Å²) in [7, 11) is 0. The number of nitrogens with two attached hydrogens (primary N) is 2. The van der Waals surface area contributed by atoms with Crippen molar-refractivity contribution in [2.75, 3.05) is 11.5 Å². The lowest BCUT2D eigenvalue weighted by atomic mass is 10.2. The maximum atomic E-state index is 10.7. The fourth-order valence-corrected chi connectivity index (χ4v) is 0.723. The van der Waals surface area contributed by atoms with Crippen molar-refractivity contribution < 1.29 is 0 Å². The van der Waals surface area contributed by atoms with E-state index in [1.54, 1.807) is 6.92 Å². The number of aryl methyl sites for hydroxylation is 1. The van der Waals surface area contributed by atoms with E-state index in [1.807, 2.05) is 0 Å². The highest BCUT2D eigenvalue weighted by Crippen LogP contribution is 2.11. The molecule has 1 heterocycles. The van der Waals surface area contributed by atoms with Gasteiger partial charge in [0.2, 0.25) is 5.56 Å². The lowest BCUT2D eigenvalue weighted by molar-refractivity contribution is 1.22. The highest BCUT2D eigenvalue weighted by molar-refractivity contribution is 5.61. The van der Waals surface area contributed by atoms with Crippen molar-refractivity contribution in [1.29, 1.82) is 0 Å². The topological polar surface area (TPSA) is 84.9 Å². The first-order valence-electron chi connectivity index (χ1n) is 2.86. The maximum absolute atomic E-state index is 10.7. The summed E-state index contributed by atoms with van der Waals surface area (Å²) in [5.41, 5.74) is 11.7. The number of rotatable bonds is 0. The molecule has 4 nitrogen and oxygen atoms in total. The molecule has 54 valence electrons. The van der Waals surface area contributed by atoms with E-state index < -0.39 is 0 Å². The number of hydrogen-bond donors (Lipinski definition) is 3. The van der Waals surface area contributed by atoms with Gasteiger partial charge in [0.1, 0.15) is 5.82 Å². The van der Waals surface area contributed by atoms with E-state index >= 15 is 0 Å². The number of hydrogen-bond acceptors (Lipinski definition) is 3. The zero-order chi connectivity index (χ0) is 7.72. The Hall–Kier alpha value is -1.45. The van der Waals surface area contributed by atoms with E-state index in [0.29, 0.717) is 11.3 Å². The van der Waals surface area contributed by atoms with Crippen LogP contribution in [0.5, 0.6) is 0 Å². The van der Waals surface area contributed by atoms with Gasteiger partial charge in [0.15, 0.2) is 0 Å². The third-order valence-corrected chi connectivity index (χ3v) is 1.32. The normalized spacial score (nSPS) is 9.70. The predicted molar refractivity (Wildman–Crippen MR) is 40.6 cm³/mol. The van der Waals surface area contributed by atoms with Crippen molar-refractivity contribution in [2.24, 2.45) is 0 Å². The molecule has 4 heteroatoms. The van der Waals surface area contributed by atoms with Gasteiger partial charge in [-0.2, -0.15) is 0 Å². The molecule has 0 spiro atoms. The van der Waals surface area contributed by atoms with Crippen LogP contribution in [0.4, 0.5) is 11.5 Å².